The van der Waals surface area contributed by atoms with E-state index in [1.54, 1.807) is 19.1 Å². The highest BCUT2D eigenvalue weighted by Crippen LogP contribution is 2.38. The maximum absolute atomic E-state index is 11.1. The second kappa shape index (κ2) is 7.41. The molecule has 0 spiro atoms. The number of benzene rings is 2. The fraction of sp³-hybridized carbons (Fsp3) is 0.0625. The Balaban J connectivity index is 2.27. The topological polar surface area (TPSA) is 112 Å². The summed E-state index contributed by atoms with van der Waals surface area (Å²) in [5.41, 5.74) is 0.703. The molecule has 2 aromatic rings. The molecule has 124 valence electrons. The van der Waals surface area contributed by atoms with Crippen molar-refractivity contribution in [1.29, 1.82) is 0 Å². The minimum atomic E-state index is -1.21. The first-order chi connectivity index (χ1) is 11.3. The first-order valence-corrected chi connectivity index (χ1v) is 8.72. The van der Waals surface area contributed by atoms with E-state index in [4.69, 9.17) is 15.3 Å². The molecule has 0 aliphatic carbocycles. The lowest BCUT2D eigenvalue weighted by Gasteiger charge is -2.06. The Kier molecular flexibility index (Phi) is 5.53. The number of hydrogen-bond donors (Lipinski definition) is 3. The fourth-order valence-electron chi connectivity index (χ4n) is 1.91. The molecule has 6 nitrogen and oxygen atoms in total. The summed E-state index contributed by atoms with van der Waals surface area (Å²) in [7, 11) is 2.39. The zero-order valence-electron chi connectivity index (χ0n) is 12.3. The van der Waals surface area contributed by atoms with Gasteiger partial charge in [-0.25, -0.2) is 14.4 Å². The lowest BCUT2D eigenvalue weighted by atomic mass is 10.1. The molecule has 2 rings (SSSR count). The van der Waals surface area contributed by atoms with Crippen molar-refractivity contribution >= 4 is 39.5 Å². The van der Waals surface area contributed by atoms with Crippen LogP contribution in [0.15, 0.2) is 46.2 Å². The third kappa shape index (κ3) is 4.53. The molecule has 0 aliphatic rings. The molecular weight excluding hydrogens is 352 g/mol. The number of aryl methyl sites for hydroxylation is 1. The highest BCUT2D eigenvalue weighted by Gasteiger charge is 2.13. The van der Waals surface area contributed by atoms with Gasteiger partial charge in [-0.2, -0.15) is 0 Å². The molecular formula is C16H12O6S2. The van der Waals surface area contributed by atoms with Crippen molar-refractivity contribution in [2.24, 2.45) is 0 Å². The van der Waals surface area contributed by atoms with E-state index in [2.05, 4.69) is 0 Å². The van der Waals surface area contributed by atoms with E-state index in [1.807, 2.05) is 0 Å². The van der Waals surface area contributed by atoms with Gasteiger partial charge in [0.15, 0.2) is 0 Å². The Morgan fingerprint density at radius 1 is 0.667 bits per heavy atom. The molecule has 8 heteroatoms. The van der Waals surface area contributed by atoms with E-state index in [0.29, 0.717) is 9.79 Å². The Morgan fingerprint density at radius 3 is 1.46 bits per heavy atom. The summed E-state index contributed by atoms with van der Waals surface area (Å²) < 4.78 is 0. The summed E-state index contributed by atoms with van der Waals surface area (Å²) in [4.78, 5) is 34.4. The van der Waals surface area contributed by atoms with Gasteiger partial charge in [0.05, 0.1) is 16.7 Å². The molecule has 0 heterocycles. The van der Waals surface area contributed by atoms with Crippen molar-refractivity contribution in [2.45, 2.75) is 16.7 Å². The van der Waals surface area contributed by atoms with Crippen LogP contribution in [-0.4, -0.2) is 33.2 Å². The number of aromatic carboxylic acids is 3. The van der Waals surface area contributed by atoms with E-state index in [-0.39, 0.29) is 16.7 Å². The van der Waals surface area contributed by atoms with Crippen LogP contribution < -0.4 is 0 Å². The zero-order valence-corrected chi connectivity index (χ0v) is 14.0. The van der Waals surface area contributed by atoms with Gasteiger partial charge < -0.3 is 15.3 Å². The van der Waals surface area contributed by atoms with Crippen molar-refractivity contribution in [1.82, 2.24) is 0 Å². The fourth-order valence-corrected chi connectivity index (χ4v) is 4.02. The van der Waals surface area contributed by atoms with Gasteiger partial charge in [-0.05, 0) is 48.9 Å². The first-order valence-electron chi connectivity index (χ1n) is 6.57. The third-order valence-corrected chi connectivity index (χ3v) is 5.28. The van der Waals surface area contributed by atoms with Crippen LogP contribution in [0.1, 0.15) is 36.6 Å². The van der Waals surface area contributed by atoms with Gasteiger partial charge >= 0.3 is 17.9 Å². The molecule has 0 unspecified atom stereocenters. The van der Waals surface area contributed by atoms with Crippen LogP contribution in [0.4, 0.5) is 0 Å². The van der Waals surface area contributed by atoms with Crippen LogP contribution in [-0.2, 0) is 0 Å². The van der Waals surface area contributed by atoms with Crippen molar-refractivity contribution in [2.75, 3.05) is 0 Å². The van der Waals surface area contributed by atoms with Crippen LogP contribution >= 0.6 is 21.6 Å². The summed E-state index contributed by atoms with van der Waals surface area (Å²) in [6.07, 6.45) is 0. The predicted molar refractivity (Wildman–Crippen MR) is 90.2 cm³/mol. The minimum Gasteiger partial charge on any atom is -0.478 e. The van der Waals surface area contributed by atoms with Gasteiger partial charge in [-0.1, -0.05) is 21.6 Å². The Morgan fingerprint density at radius 2 is 1.04 bits per heavy atom. The van der Waals surface area contributed by atoms with E-state index in [0.717, 1.165) is 22.4 Å². The summed E-state index contributed by atoms with van der Waals surface area (Å²) in [6, 6.07) is 8.69. The SMILES string of the molecule is Cc1cc(SSc2cc(C(=O)O)cc(C(=O)O)c2)cc(C(=O)O)c1. The van der Waals surface area contributed by atoms with Gasteiger partial charge in [0.25, 0.3) is 0 Å². The molecule has 3 N–H and O–H groups in total. The smallest absolute Gasteiger partial charge is 0.335 e. The quantitative estimate of drug-likeness (QED) is 0.662. The molecule has 24 heavy (non-hydrogen) atoms. The Hall–Kier alpha value is -2.45. The number of hydrogen-bond acceptors (Lipinski definition) is 5. The first kappa shape index (κ1) is 17.9. The van der Waals surface area contributed by atoms with E-state index in [9.17, 15) is 14.4 Å². The van der Waals surface area contributed by atoms with E-state index >= 15 is 0 Å². The zero-order chi connectivity index (χ0) is 17.9. The molecule has 0 bridgehead atoms. The van der Waals surface area contributed by atoms with Crippen molar-refractivity contribution < 1.29 is 29.7 Å². The van der Waals surface area contributed by atoms with Crippen molar-refractivity contribution in [3.8, 4) is 0 Å². The summed E-state index contributed by atoms with van der Waals surface area (Å²) in [5.74, 6) is -3.46. The number of carbonyl (C=O) groups is 3. The van der Waals surface area contributed by atoms with Crippen molar-refractivity contribution in [3.05, 3.63) is 58.7 Å². The summed E-state index contributed by atoms with van der Waals surface area (Å²) in [5, 5.41) is 27.2. The van der Waals surface area contributed by atoms with Gasteiger partial charge in [-0.15, -0.1) is 0 Å². The average Bonchev–Trinajstić information content (AvgIpc) is 2.52. The molecule has 0 saturated carbocycles. The minimum absolute atomic E-state index is 0.117. The number of carboxylic acid groups (broad SMARTS) is 3. The van der Waals surface area contributed by atoms with Gasteiger partial charge in [0, 0.05) is 9.79 Å². The van der Waals surface area contributed by atoms with Gasteiger partial charge in [-0.3, -0.25) is 0 Å². The van der Waals surface area contributed by atoms with Crippen LogP contribution in [0, 0.1) is 6.92 Å². The van der Waals surface area contributed by atoms with E-state index in [1.165, 1.54) is 29.0 Å². The summed E-state index contributed by atoms with van der Waals surface area (Å²) >= 11 is 0. The van der Waals surface area contributed by atoms with Crippen LogP contribution in [0.25, 0.3) is 0 Å². The van der Waals surface area contributed by atoms with Crippen LogP contribution in [0.5, 0.6) is 0 Å². The second-order valence-corrected chi connectivity index (χ2v) is 7.14. The number of carboxylic acids is 3. The second-order valence-electron chi connectivity index (χ2n) is 4.86. The Bertz CT molecular complexity index is 799. The monoisotopic (exact) mass is 364 g/mol. The number of rotatable bonds is 6. The summed E-state index contributed by atoms with van der Waals surface area (Å²) in [6.45, 7) is 1.77. The normalized spacial score (nSPS) is 10.4. The lowest BCUT2D eigenvalue weighted by Crippen LogP contribution is -2.02. The maximum atomic E-state index is 11.1. The van der Waals surface area contributed by atoms with Crippen LogP contribution in [0.3, 0.4) is 0 Å². The predicted octanol–water partition coefficient (Wildman–Crippen LogP) is 3.89. The van der Waals surface area contributed by atoms with Gasteiger partial charge in [0.1, 0.15) is 0 Å². The highest BCUT2D eigenvalue weighted by atomic mass is 33.1. The maximum Gasteiger partial charge on any atom is 0.335 e. The molecule has 0 amide bonds. The van der Waals surface area contributed by atoms with Crippen molar-refractivity contribution in [3.63, 3.8) is 0 Å². The Labute approximate surface area is 144 Å². The largest absolute Gasteiger partial charge is 0.478 e. The molecule has 0 radical (unpaired) electrons. The van der Waals surface area contributed by atoms with Crippen LogP contribution in [0.2, 0.25) is 0 Å². The molecule has 0 aliphatic heterocycles. The molecule has 0 fully saturated rings. The van der Waals surface area contributed by atoms with E-state index < -0.39 is 17.9 Å². The standard InChI is InChI=1S/C16H12O6S2/c1-8-2-9(14(17)18)5-12(3-8)23-24-13-6-10(15(19)20)4-11(7-13)16(21)22/h2-7H,1H3,(H,17,18)(H,19,20)(H,21,22). The average molecular weight is 364 g/mol. The highest BCUT2D eigenvalue weighted by molar-refractivity contribution is 8.76. The molecule has 0 saturated heterocycles. The molecule has 0 aromatic heterocycles. The van der Waals surface area contributed by atoms with Gasteiger partial charge in [0.2, 0.25) is 0 Å². The third-order valence-electron chi connectivity index (χ3n) is 2.93. The molecule has 0 atom stereocenters. The molecule has 2 aromatic carbocycles. The lowest BCUT2D eigenvalue weighted by molar-refractivity contribution is 0.0681.